The fraction of sp³-hybridized carbons (Fsp3) is 0.0690. The van der Waals surface area contributed by atoms with Crippen molar-refractivity contribution in [2.45, 2.75) is 13.1 Å². The van der Waals surface area contributed by atoms with Gasteiger partial charge in [-0.15, -0.1) is 0 Å². The van der Waals surface area contributed by atoms with E-state index in [1.54, 1.807) is 6.33 Å². The Morgan fingerprint density at radius 1 is 0.794 bits per heavy atom. The van der Waals surface area contributed by atoms with E-state index in [1.807, 2.05) is 89.6 Å². The molecule has 168 valence electrons. The van der Waals surface area contributed by atoms with Crippen LogP contribution in [0.3, 0.4) is 0 Å². The summed E-state index contributed by atoms with van der Waals surface area (Å²) in [5.74, 6) is 0.277. The second-order valence-corrected chi connectivity index (χ2v) is 8.54. The average molecular weight is 466 g/mol. The third-order valence-electron chi connectivity index (χ3n) is 5.86. The molecule has 5 heteroatoms. The number of rotatable bonds is 7. The molecular weight excluding hydrogens is 442 g/mol. The van der Waals surface area contributed by atoms with E-state index in [9.17, 15) is 5.11 Å². The van der Waals surface area contributed by atoms with Gasteiger partial charge in [0.05, 0.1) is 25.1 Å². The van der Waals surface area contributed by atoms with Crippen LogP contribution in [0.5, 0.6) is 5.75 Å². The SMILES string of the molecule is Oc1cc(-c2ccccc2)ccc1Cn1cncc1CNc1ccc(Cl)c(-c2ccccc2)c1. The van der Waals surface area contributed by atoms with Gasteiger partial charge in [-0.25, -0.2) is 4.98 Å². The van der Waals surface area contributed by atoms with E-state index in [0.717, 1.165) is 44.2 Å². The van der Waals surface area contributed by atoms with Crippen molar-refractivity contribution in [1.29, 1.82) is 0 Å². The summed E-state index contributed by atoms with van der Waals surface area (Å²) in [5, 5.41) is 14.8. The third kappa shape index (κ3) is 4.82. The molecule has 5 rings (SSSR count). The highest BCUT2D eigenvalue weighted by molar-refractivity contribution is 6.33. The third-order valence-corrected chi connectivity index (χ3v) is 6.19. The zero-order valence-corrected chi connectivity index (χ0v) is 19.3. The molecular formula is C29H24ClN3O. The molecule has 0 saturated carbocycles. The number of nitrogens with zero attached hydrogens (tertiary/aromatic N) is 2. The molecule has 0 aliphatic heterocycles. The summed E-state index contributed by atoms with van der Waals surface area (Å²) in [6, 6.07) is 31.9. The number of nitrogens with one attached hydrogen (secondary N) is 1. The van der Waals surface area contributed by atoms with Crippen molar-refractivity contribution in [2.75, 3.05) is 5.32 Å². The number of anilines is 1. The van der Waals surface area contributed by atoms with Crippen LogP contribution in [-0.4, -0.2) is 14.7 Å². The van der Waals surface area contributed by atoms with E-state index in [-0.39, 0.29) is 5.75 Å². The summed E-state index contributed by atoms with van der Waals surface area (Å²) < 4.78 is 2.04. The molecule has 5 aromatic rings. The van der Waals surface area contributed by atoms with Gasteiger partial charge >= 0.3 is 0 Å². The van der Waals surface area contributed by atoms with Gasteiger partial charge in [0.2, 0.25) is 0 Å². The topological polar surface area (TPSA) is 50.1 Å². The number of imidazole rings is 1. The largest absolute Gasteiger partial charge is 0.508 e. The van der Waals surface area contributed by atoms with Gasteiger partial charge in [-0.05, 0) is 41.0 Å². The van der Waals surface area contributed by atoms with E-state index >= 15 is 0 Å². The number of hydrogen-bond donors (Lipinski definition) is 2. The average Bonchev–Trinajstić information content (AvgIpc) is 3.32. The standard InChI is InChI=1S/C29H24ClN3O/c30-28-14-13-25(16-27(28)22-9-5-2-6-10-22)32-18-26-17-31-20-33(26)19-24-12-11-23(15-29(24)34)21-7-3-1-4-8-21/h1-17,20,32,34H,18-19H2. The Kier molecular flexibility index (Phi) is 6.32. The minimum atomic E-state index is 0.277. The Morgan fingerprint density at radius 3 is 2.26 bits per heavy atom. The zero-order valence-electron chi connectivity index (χ0n) is 18.5. The normalized spacial score (nSPS) is 10.9. The summed E-state index contributed by atoms with van der Waals surface area (Å²) in [4.78, 5) is 4.32. The minimum Gasteiger partial charge on any atom is -0.508 e. The van der Waals surface area contributed by atoms with E-state index in [0.29, 0.717) is 13.1 Å². The highest BCUT2D eigenvalue weighted by Crippen LogP contribution is 2.31. The number of aromatic hydroxyl groups is 1. The number of phenols is 1. The van der Waals surface area contributed by atoms with Crippen LogP contribution < -0.4 is 5.32 Å². The van der Waals surface area contributed by atoms with Crippen molar-refractivity contribution in [2.24, 2.45) is 0 Å². The lowest BCUT2D eigenvalue weighted by molar-refractivity contribution is 0.465. The Bertz CT molecular complexity index is 1400. The van der Waals surface area contributed by atoms with Gasteiger partial charge in [0.15, 0.2) is 0 Å². The summed E-state index contributed by atoms with van der Waals surface area (Å²) in [6.45, 7) is 1.13. The van der Waals surface area contributed by atoms with Crippen LogP contribution in [0.2, 0.25) is 5.02 Å². The summed E-state index contributed by atoms with van der Waals surface area (Å²) in [7, 11) is 0. The molecule has 0 aliphatic carbocycles. The fourth-order valence-corrected chi connectivity index (χ4v) is 4.22. The molecule has 0 unspecified atom stereocenters. The Balaban J connectivity index is 1.30. The van der Waals surface area contributed by atoms with Crippen LogP contribution in [0.25, 0.3) is 22.3 Å². The monoisotopic (exact) mass is 465 g/mol. The molecule has 4 aromatic carbocycles. The molecule has 0 aliphatic rings. The van der Waals surface area contributed by atoms with Crippen molar-refractivity contribution in [3.63, 3.8) is 0 Å². The molecule has 1 heterocycles. The Morgan fingerprint density at radius 2 is 1.53 bits per heavy atom. The maximum absolute atomic E-state index is 10.7. The Hall–Kier alpha value is -4.02. The van der Waals surface area contributed by atoms with Crippen molar-refractivity contribution in [3.8, 4) is 28.0 Å². The van der Waals surface area contributed by atoms with Crippen molar-refractivity contribution < 1.29 is 5.11 Å². The highest BCUT2D eigenvalue weighted by Gasteiger charge is 2.09. The van der Waals surface area contributed by atoms with Crippen molar-refractivity contribution in [3.05, 3.63) is 126 Å². The first kappa shape index (κ1) is 21.8. The van der Waals surface area contributed by atoms with Gasteiger partial charge in [-0.3, -0.25) is 0 Å². The van der Waals surface area contributed by atoms with Gasteiger partial charge in [0.1, 0.15) is 5.75 Å². The molecule has 1 aromatic heterocycles. The molecule has 0 amide bonds. The number of phenolic OH excluding ortho intramolecular Hbond substituents is 1. The van der Waals surface area contributed by atoms with E-state index in [2.05, 4.69) is 28.5 Å². The number of hydrogen-bond acceptors (Lipinski definition) is 3. The number of benzene rings is 4. The summed E-state index contributed by atoms with van der Waals surface area (Å²) in [5.41, 5.74) is 6.98. The van der Waals surface area contributed by atoms with Crippen LogP contribution in [-0.2, 0) is 13.1 Å². The van der Waals surface area contributed by atoms with Crippen molar-refractivity contribution in [1.82, 2.24) is 9.55 Å². The maximum atomic E-state index is 10.7. The lowest BCUT2D eigenvalue weighted by atomic mass is 10.0. The molecule has 0 spiro atoms. The molecule has 0 bridgehead atoms. The Labute approximate surface area is 204 Å². The molecule has 4 nitrogen and oxygen atoms in total. The smallest absolute Gasteiger partial charge is 0.121 e. The lowest BCUT2D eigenvalue weighted by Crippen LogP contribution is -2.08. The quantitative estimate of drug-likeness (QED) is 0.266. The second kappa shape index (κ2) is 9.86. The first-order valence-corrected chi connectivity index (χ1v) is 11.5. The van der Waals surface area contributed by atoms with Crippen LogP contribution in [0.4, 0.5) is 5.69 Å². The van der Waals surface area contributed by atoms with Gasteiger partial charge in [-0.1, -0.05) is 84.4 Å². The molecule has 0 saturated heterocycles. The molecule has 0 atom stereocenters. The fourth-order valence-electron chi connectivity index (χ4n) is 4.00. The highest BCUT2D eigenvalue weighted by atomic mass is 35.5. The second-order valence-electron chi connectivity index (χ2n) is 8.14. The molecule has 2 N–H and O–H groups in total. The number of halogens is 1. The minimum absolute atomic E-state index is 0.277. The van der Waals surface area contributed by atoms with Crippen LogP contribution in [0, 0.1) is 0 Å². The van der Waals surface area contributed by atoms with E-state index in [4.69, 9.17) is 11.6 Å². The lowest BCUT2D eigenvalue weighted by Gasteiger charge is -2.13. The summed E-state index contributed by atoms with van der Waals surface area (Å²) in [6.07, 6.45) is 3.63. The predicted molar refractivity (Wildman–Crippen MR) is 139 cm³/mol. The molecule has 34 heavy (non-hydrogen) atoms. The zero-order chi connectivity index (χ0) is 23.3. The van der Waals surface area contributed by atoms with Gasteiger partial charge in [-0.2, -0.15) is 0 Å². The molecule has 0 radical (unpaired) electrons. The van der Waals surface area contributed by atoms with Crippen LogP contribution >= 0.6 is 11.6 Å². The molecule has 0 fully saturated rings. The maximum Gasteiger partial charge on any atom is 0.121 e. The summed E-state index contributed by atoms with van der Waals surface area (Å²) >= 11 is 6.45. The van der Waals surface area contributed by atoms with Crippen LogP contribution in [0.15, 0.2) is 110 Å². The van der Waals surface area contributed by atoms with Crippen molar-refractivity contribution >= 4 is 17.3 Å². The predicted octanol–water partition coefficient (Wildman–Crippen LogP) is 7.24. The first-order valence-electron chi connectivity index (χ1n) is 11.1. The number of aromatic nitrogens is 2. The first-order chi connectivity index (χ1) is 16.7. The van der Waals surface area contributed by atoms with E-state index in [1.165, 1.54) is 0 Å². The van der Waals surface area contributed by atoms with Gasteiger partial charge in [0, 0.05) is 28.0 Å². The van der Waals surface area contributed by atoms with Gasteiger partial charge in [0.25, 0.3) is 0 Å². The van der Waals surface area contributed by atoms with E-state index < -0.39 is 0 Å². The van der Waals surface area contributed by atoms with Crippen LogP contribution in [0.1, 0.15) is 11.3 Å². The van der Waals surface area contributed by atoms with Gasteiger partial charge < -0.3 is 15.0 Å².